The Hall–Kier alpha value is -5.31. The Balaban J connectivity index is 0.906. The van der Waals surface area contributed by atoms with E-state index in [0.717, 1.165) is 75.9 Å². The number of ether oxygens (including phenoxy) is 2. The molecule has 242 valence electrons. The third-order valence-electron chi connectivity index (χ3n) is 8.70. The van der Waals surface area contributed by atoms with Gasteiger partial charge in [0.05, 0.1) is 35.0 Å². The lowest BCUT2D eigenvalue weighted by Crippen LogP contribution is -2.53. The highest BCUT2D eigenvalue weighted by Crippen LogP contribution is 2.33. The van der Waals surface area contributed by atoms with Crippen LogP contribution in [0.2, 0.25) is 0 Å². The van der Waals surface area contributed by atoms with Crippen molar-refractivity contribution < 1.29 is 24.2 Å². The summed E-state index contributed by atoms with van der Waals surface area (Å²) in [6.45, 7) is 1.15. The first-order valence-corrected chi connectivity index (χ1v) is 16.4. The first kappa shape index (κ1) is 31.3. The van der Waals surface area contributed by atoms with E-state index in [0.29, 0.717) is 19.8 Å². The second-order valence-electron chi connectivity index (χ2n) is 12.1. The quantitative estimate of drug-likeness (QED) is 0.120. The van der Waals surface area contributed by atoms with E-state index < -0.39 is 12.1 Å². The van der Waals surface area contributed by atoms with Crippen molar-refractivity contribution in [1.82, 2.24) is 15.0 Å². The van der Waals surface area contributed by atoms with Gasteiger partial charge in [-0.1, -0.05) is 79.2 Å². The summed E-state index contributed by atoms with van der Waals surface area (Å²) in [5.41, 5.74) is 5.99. The minimum atomic E-state index is -0.933. The molecule has 1 aliphatic rings. The number of carboxylic acid groups (broad SMARTS) is 1. The summed E-state index contributed by atoms with van der Waals surface area (Å²) in [7, 11) is 0. The molecule has 7 rings (SSSR count). The van der Waals surface area contributed by atoms with Crippen LogP contribution in [0.3, 0.4) is 0 Å². The first-order chi connectivity index (χ1) is 23.6. The normalized spacial score (nSPS) is 15.2. The molecule has 1 N–H and O–H groups in total. The van der Waals surface area contributed by atoms with Crippen molar-refractivity contribution in [1.29, 1.82) is 0 Å². The highest BCUT2D eigenvalue weighted by Gasteiger charge is 2.39. The number of benzene rings is 4. The summed E-state index contributed by atoms with van der Waals surface area (Å²) in [5.74, 6) is 0.635. The number of carbonyl (C=O) groups is 1. The zero-order valence-corrected chi connectivity index (χ0v) is 26.6. The van der Waals surface area contributed by atoms with E-state index in [9.17, 15) is 9.90 Å². The molecule has 1 fully saturated rings. The Morgan fingerprint density at radius 2 is 1.27 bits per heavy atom. The lowest BCUT2D eigenvalue weighted by molar-refractivity contribution is -0.313. The summed E-state index contributed by atoms with van der Waals surface area (Å²) in [6.07, 6.45) is 2.94. The molecule has 1 saturated heterocycles. The molecule has 2 unspecified atom stereocenters. The van der Waals surface area contributed by atoms with Crippen LogP contribution in [0.5, 0.6) is 11.5 Å². The minimum Gasteiger partial charge on any atom is -0.487 e. The third kappa shape index (κ3) is 7.62. The summed E-state index contributed by atoms with van der Waals surface area (Å²) >= 11 is 0. The van der Waals surface area contributed by atoms with Gasteiger partial charge in [-0.05, 0) is 78.9 Å². The molecular formula is C40H37N3O5. The SMILES string of the molecule is O=C(O)C1CN(C(CCCCc2ccc(OCc3ccc4ccccc4n3)cc2)c2ccc(OCc3ccc4ccccc4n3)cc2)O1. The van der Waals surface area contributed by atoms with Crippen molar-refractivity contribution in [2.45, 2.75) is 51.0 Å². The highest BCUT2D eigenvalue weighted by atomic mass is 16.7. The number of pyridine rings is 2. The van der Waals surface area contributed by atoms with Gasteiger partial charge in [0.2, 0.25) is 0 Å². The number of carboxylic acids is 1. The molecule has 1 aliphatic heterocycles. The van der Waals surface area contributed by atoms with Gasteiger partial charge in [0.1, 0.15) is 24.7 Å². The number of hydrogen-bond donors (Lipinski definition) is 1. The Bertz CT molecular complexity index is 1990. The molecule has 8 heteroatoms. The number of aryl methyl sites for hydroxylation is 1. The molecule has 48 heavy (non-hydrogen) atoms. The van der Waals surface area contributed by atoms with Crippen molar-refractivity contribution in [2.75, 3.05) is 6.54 Å². The van der Waals surface area contributed by atoms with Crippen molar-refractivity contribution in [3.63, 3.8) is 0 Å². The number of aromatic nitrogens is 2. The Morgan fingerprint density at radius 1 is 0.729 bits per heavy atom. The third-order valence-corrected chi connectivity index (χ3v) is 8.70. The van der Waals surface area contributed by atoms with Gasteiger partial charge in [-0.25, -0.2) is 14.8 Å². The van der Waals surface area contributed by atoms with E-state index in [4.69, 9.17) is 19.3 Å². The van der Waals surface area contributed by atoms with Crippen molar-refractivity contribution in [2.24, 2.45) is 0 Å². The molecule has 8 nitrogen and oxygen atoms in total. The molecule has 4 aromatic carbocycles. The van der Waals surface area contributed by atoms with E-state index in [1.165, 1.54) is 5.56 Å². The monoisotopic (exact) mass is 639 g/mol. The zero-order valence-electron chi connectivity index (χ0n) is 26.6. The van der Waals surface area contributed by atoms with Crippen LogP contribution in [-0.2, 0) is 29.3 Å². The number of aliphatic carboxylic acids is 1. The summed E-state index contributed by atoms with van der Waals surface area (Å²) in [4.78, 5) is 26.5. The number of unbranched alkanes of at least 4 members (excludes halogenated alkanes) is 1. The standard InChI is InChI=1S/C40H37N3O5/c44-40(45)39-25-43(48-39)38(31-17-23-35(24-18-31)47-27-33-20-16-30-9-3-5-11-37(30)42-33)12-6-1-7-28-13-21-34(22-14-28)46-26-32-19-15-29-8-2-4-10-36(29)41-32/h2-5,8-11,13-24,38-39H,1,6-7,12,25-27H2,(H,44,45). The van der Waals surface area contributed by atoms with Gasteiger partial charge >= 0.3 is 5.97 Å². The molecule has 0 radical (unpaired) electrons. The van der Waals surface area contributed by atoms with Gasteiger partial charge in [-0.2, -0.15) is 5.06 Å². The summed E-state index contributed by atoms with van der Waals surface area (Å²) in [5, 5.41) is 13.4. The van der Waals surface area contributed by atoms with Crippen molar-refractivity contribution in [3.05, 3.63) is 144 Å². The van der Waals surface area contributed by atoms with Gasteiger partial charge in [-0.15, -0.1) is 0 Å². The Morgan fingerprint density at radius 3 is 1.83 bits per heavy atom. The predicted octanol–water partition coefficient (Wildman–Crippen LogP) is 8.10. The van der Waals surface area contributed by atoms with E-state index in [-0.39, 0.29) is 6.04 Å². The molecule has 0 bridgehead atoms. The molecule has 0 amide bonds. The average Bonchev–Trinajstić information content (AvgIpc) is 3.10. The number of nitrogens with zero attached hydrogens (tertiary/aromatic N) is 3. The molecular weight excluding hydrogens is 602 g/mol. The number of hydroxylamine groups is 2. The summed E-state index contributed by atoms with van der Waals surface area (Å²) in [6, 6.07) is 40.4. The number of hydrogen-bond acceptors (Lipinski definition) is 7. The van der Waals surface area contributed by atoms with Crippen LogP contribution in [0.25, 0.3) is 21.8 Å². The average molecular weight is 640 g/mol. The van der Waals surface area contributed by atoms with Gasteiger partial charge in [0.15, 0.2) is 6.10 Å². The van der Waals surface area contributed by atoms with Gasteiger partial charge < -0.3 is 14.6 Å². The van der Waals surface area contributed by atoms with Gasteiger partial charge in [0.25, 0.3) is 0 Å². The molecule has 0 saturated carbocycles. The topological polar surface area (TPSA) is 94.0 Å². The smallest absolute Gasteiger partial charge is 0.336 e. The van der Waals surface area contributed by atoms with Crippen LogP contribution in [-0.4, -0.2) is 38.8 Å². The van der Waals surface area contributed by atoms with E-state index in [1.54, 1.807) is 5.06 Å². The molecule has 3 heterocycles. The van der Waals surface area contributed by atoms with Crippen LogP contribution in [0.1, 0.15) is 47.8 Å². The lowest BCUT2D eigenvalue weighted by atomic mass is 9.97. The Kier molecular flexibility index (Phi) is 9.54. The van der Waals surface area contributed by atoms with Crippen LogP contribution >= 0.6 is 0 Å². The second kappa shape index (κ2) is 14.6. The zero-order chi connectivity index (χ0) is 32.7. The molecule has 6 aromatic rings. The first-order valence-electron chi connectivity index (χ1n) is 16.4. The van der Waals surface area contributed by atoms with Crippen molar-refractivity contribution in [3.8, 4) is 11.5 Å². The molecule has 0 aliphatic carbocycles. The van der Waals surface area contributed by atoms with Crippen LogP contribution in [0.15, 0.2) is 121 Å². The molecule has 0 spiro atoms. The number of para-hydroxylation sites is 2. The van der Waals surface area contributed by atoms with E-state index >= 15 is 0 Å². The van der Waals surface area contributed by atoms with Crippen LogP contribution in [0.4, 0.5) is 0 Å². The number of rotatable bonds is 14. The van der Waals surface area contributed by atoms with Gasteiger partial charge in [0, 0.05) is 10.8 Å². The molecule has 2 aromatic heterocycles. The van der Waals surface area contributed by atoms with E-state index in [1.807, 2.05) is 91.0 Å². The van der Waals surface area contributed by atoms with Crippen LogP contribution < -0.4 is 9.47 Å². The highest BCUT2D eigenvalue weighted by molar-refractivity contribution is 5.79. The Labute approximate surface area is 279 Å². The minimum absolute atomic E-state index is 0.0451. The van der Waals surface area contributed by atoms with E-state index in [2.05, 4.69) is 35.3 Å². The maximum atomic E-state index is 11.4. The maximum absolute atomic E-state index is 11.4. The molecule has 2 atom stereocenters. The summed E-state index contributed by atoms with van der Waals surface area (Å²) < 4.78 is 12.0. The fraction of sp³-hybridized carbons (Fsp3) is 0.225. The second-order valence-corrected chi connectivity index (χ2v) is 12.1. The fourth-order valence-electron chi connectivity index (χ4n) is 6.02. The van der Waals surface area contributed by atoms with Crippen LogP contribution in [0, 0.1) is 0 Å². The predicted molar refractivity (Wildman–Crippen MR) is 185 cm³/mol. The number of fused-ring (bicyclic) bond motifs is 2. The maximum Gasteiger partial charge on any atom is 0.336 e. The largest absolute Gasteiger partial charge is 0.487 e. The van der Waals surface area contributed by atoms with Crippen molar-refractivity contribution >= 4 is 27.8 Å². The lowest BCUT2D eigenvalue weighted by Gasteiger charge is -2.41. The van der Waals surface area contributed by atoms with Gasteiger partial charge in [-0.3, -0.25) is 4.84 Å². The fourth-order valence-corrected chi connectivity index (χ4v) is 6.02.